The summed E-state index contributed by atoms with van der Waals surface area (Å²) in [7, 11) is 0. The maximum Gasteiger partial charge on any atom is 0.270 e. The molecule has 1 rings (SSSR count). The molecule has 0 aliphatic heterocycles. The van der Waals surface area contributed by atoms with Gasteiger partial charge >= 0.3 is 0 Å². The van der Waals surface area contributed by atoms with Crippen LogP contribution in [-0.4, -0.2) is 16.6 Å². The number of hydrogen-bond donors (Lipinski definition) is 1. The van der Waals surface area contributed by atoms with Gasteiger partial charge in [-0.2, -0.15) is 5.26 Å². The Hall–Kier alpha value is -2.13. The number of ether oxygens (including phenoxy) is 1. The molecular formula is C9H8N2O4. The number of non-ortho nitro benzene ring substituents is 1. The van der Waals surface area contributed by atoms with Gasteiger partial charge in [0.25, 0.3) is 5.69 Å². The first kappa shape index (κ1) is 10.9. The highest BCUT2D eigenvalue weighted by Crippen LogP contribution is 2.23. The molecule has 0 aliphatic rings. The zero-order valence-corrected chi connectivity index (χ0v) is 7.71. The highest BCUT2D eigenvalue weighted by molar-refractivity contribution is 5.43. The topological polar surface area (TPSA) is 96.4 Å². The molecular weight excluding hydrogens is 200 g/mol. The van der Waals surface area contributed by atoms with Crippen molar-refractivity contribution in [3.63, 3.8) is 0 Å². The summed E-state index contributed by atoms with van der Waals surface area (Å²) in [4.78, 5) is 9.86. The van der Waals surface area contributed by atoms with Crippen molar-refractivity contribution in [3.05, 3.63) is 33.9 Å². The molecule has 6 nitrogen and oxygen atoms in total. The van der Waals surface area contributed by atoms with Gasteiger partial charge < -0.3 is 9.84 Å². The normalized spacial score (nSPS) is 9.33. The summed E-state index contributed by atoms with van der Waals surface area (Å²) in [5, 5.41) is 27.7. The SMILES string of the molecule is N#CCOc1ccc([N+](=O)[O-])cc1CO. The minimum Gasteiger partial charge on any atom is -0.478 e. The standard InChI is InChI=1S/C9H8N2O4/c10-3-4-15-9-2-1-8(11(13)14)5-7(9)6-12/h1-2,5,12H,4,6H2. The van der Waals surface area contributed by atoms with Crippen LogP contribution >= 0.6 is 0 Å². The van der Waals surface area contributed by atoms with Crippen molar-refractivity contribution in [1.82, 2.24) is 0 Å². The van der Waals surface area contributed by atoms with Crippen LogP contribution < -0.4 is 4.74 Å². The molecule has 0 amide bonds. The van der Waals surface area contributed by atoms with Crippen LogP contribution in [-0.2, 0) is 6.61 Å². The van der Waals surface area contributed by atoms with Gasteiger partial charge in [-0.1, -0.05) is 0 Å². The van der Waals surface area contributed by atoms with Crippen LogP contribution in [0.15, 0.2) is 18.2 Å². The van der Waals surface area contributed by atoms with Crippen LogP contribution in [0.5, 0.6) is 5.75 Å². The average molecular weight is 208 g/mol. The van der Waals surface area contributed by atoms with E-state index in [1.807, 2.05) is 0 Å². The maximum absolute atomic E-state index is 10.4. The first-order valence-corrected chi connectivity index (χ1v) is 4.07. The van der Waals surface area contributed by atoms with Crippen LogP contribution in [0.1, 0.15) is 5.56 Å². The summed E-state index contributed by atoms with van der Waals surface area (Å²) >= 11 is 0. The minimum atomic E-state index is -0.562. The number of nitrogens with zero attached hydrogens (tertiary/aromatic N) is 2. The van der Waals surface area contributed by atoms with Crippen LogP contribution in [0, 0.1) is 21.4 Å². The molecule has 0 heterocycles. The molecule has 0 radical (unpaired) electrons. The Morgan fingerprint density at radius 1 is 1.60 bits per heavy atom. The Morgan fingerprint density at radius 3 is 2.87 bits per heavy atom. The molecule has 0 fully saturated rings. The van der Waals surface area contributed by atoms with Gasteiger partial charge in [0, 0.05) is 17.7 Å². The molecule has 1 aromatic rings. The number of benzene rings is 1. The first-order chi connectivity index (χ1) is 7.19. The quantitative estimate of drug-likeness (QED) is 0.587. The van der Waals surface area contributed by atoms with Gasteiger partial charge in [0.2, 0.25) is 0 Å². The van der Waals surface area contributed by atoms with E-state index in [9.17, 15) is 10.1 Å². The molecule has 1 aromatic carbocycles. The third kappa shape index (κ3) is 2.65. The molecule has 1 N–H and O–H groups in total. The summed E-state index contributed by atoms with van der Waals surface area (Å²) < 4.78 is 4.97. The average Bonchev–Trinajstić information content (AvgIpc) is 2.25. The first-order valence-electron chi connectivity index (χ1n) is 4.07. The van der Waals surface area contributed by atoms with Gasteiger partial charge in [0.1, 0.15) is 11.8 Å². The lowest BCUT2D eigenvalue weighted by Gasteiger charge is -2.06. The third-order valence-electron chi connectivity index (χ3n) is 1.72. The van der Waals surface area contributed by atoms with Crippen molar-refractivity contribution in [2.24, 2.45) is 0 Å². The van der Waals surface area contributed by atoms with E-state index in [-0.39, 0.29) is 24.7 Å². The number of rotatable bonds is 4. The van der Waals surface area contributed by atoms with E-state index in [0.29, 0.717) is 5.56 Å². The van der Waals surface area contributed by atoms with Gasteiger partial charge in [0.15, 0.2) is 6.61 Å². The molecule has 0 aliphatic carbocycles. The van der Waals surface area contributed by atoms with Gasteiger partial charge in [-0.05, 0) is 6.07 Å². The predicted octanol–water partition coefficient (Wildman–Crippen LogP) is 0.989. The van der Waals surface area contributed by atoms with E-state index >= 15 is 0 Å². The molecule has 0 atom stereocenters. The van der Waals surface area contributed by atoms with E-state index < -0.39 is 4.92 Å². The molecule has 0 unspecified atom stereocenters. The highest BCUT2D eigenvalue weighted by Gasteiger charge is 2.10. The molecule has 78 valence electrons. The van der Waals surface area contributed by atoms with E-state index in [0.717, 1.165) is 0 Å². The maximum atomic E-state index is 10.4. The van der Waals surface area contributed by atoms with Gasteiger partial charge in [-0.25, -0.2) is 0 Å². The monoisotopic (exact) mass is 208 g/mol. The largest absolute Gasteiger partial charge is 0.478 e. The van der Waals surface area contributed by atoms with Gasteiger partial charge in [-0.15, -0.1) is 0 Å². The number of nitriles is 1. The Balaban J connectivity index is 2.99. The van der Waals surface area contributed by atoms with E-state index in [1.54, 1.807) is 6.07 Å². The lowest BCUT2D eigenvalue weighted by molar-refractivity contribution is -0.385. The number of nitro groups is 1. The molecule has 0 saturated heterocycles. The Kier molecular flexibility index (Phi) is 3.60. The highest BCUT2D eigenvalue weighted by atomic mass is 16.6. The molecule has 0 spiro atoms. The fourth-order valence-electron chi connectivity index (χ4n) is 1.05. The van der Waals surface area contributed by atoms with Crippen molar-refractivity contribution in [3.8, 4) is 11.8 Å². The summed E-state index contributed by atoms with van der Waals surface area (Å²) in [5.41, 5.74) is 0.169. The zero-order chi connectivity index (χ0) is 11.3. The lowest BCUT2D eigenvalue weighted by Crippen LogP contribution is -1.99. The molecule has 6 heteroatoms. The van der Waals surface area contributed by atoms with E-state index in [2.05, 4.69) is 0 Å². The second kappa shape index (κ2) is 4.93. The van der Waals surface area contributed by atoms with Crippen LogP contribution in [0.3, 0.4) is 0 Å². The second-order valence-electron chi connectivity index (χ2n) is 2.65. The smallest absolute Gasteiger partial charge is 0.270 e. The van der Waals surface area contributed by atoms with Crippen molar-refractivity contribution < 1.29 is 14.8 Å². The van der Waals surface area contributed by atoms with E-state index in [1.165, 1.54) is 18.2 Å². The zero-order valence-electron chi connectivity index (χ0n) is 7.71. The fraction of sp³-hybridized carbons (Fsp3) is 0.222. The predicted molar refractivity (Wildman–Crippen MR) is 50.1 cm³/mol. The Labute approximate surface area is 85.5 Å². The molecule has 0 aromatic heterocycles. The van der Waals surface area contributed by atoms with Crippen molar-refractivity contribution in [2.45, 2.75) is 6.61 Å². The summed E-state index contributed by atoms with van der Waals surface area (Å²) in [6, 6.07) is 5.60. The molecule has 15 heavy (non-hydrogen) atoms. The van der Waals surface area contributed by atoms with Crippen LogP contribution in [0.25, 0.3) is 0 Å². The second-order valence-corrected chi connectivity index (χ2v) is 2.65. The molecule has 0 bridgehead atoms. The third-order valence-corrected chi connectivity index (χ3v) is 1.72. The number of aliphatic hydroxyl groups excluding tert-OH is 1. The van der Waals surface area contributed by atoms with Crippen molar-refractivity contribution >= 4 is 5.69 Å². The fourth-order valence-corrected chi connectivity index (χ4v) is 1.05. The summed E-state index contributed by atoms with van der Waals surface area (Å²) in [5.74, 6) is 0.282. The van der Waals surface area contributed by atoms with Crippen LogP contribution in [0.2, 0.25) is 0 Å². The number of hydrogen-bond acceptors (Lipinski definition) is 5. The lowest BCUT2D eigenvalue weighted by atomic mass is 10.2. The van der Waals surface area contributed by atoms with Crippen molar-refractivity contribution in [2.75, 3.05) is 6.61 Å². The Morgan fingerprint density at radius 2 is 2.33 bits per heavy atom. The summed E-state index contributed by atoms with van der Waals surface area (Å²) in [6.07, 6.45) is 0. The van der Waals surface area contributed by atoms with Crippen LogP contribution in [0.4, 0.5) is 5.69 Å². The number of nitro benzene ring substituents is 1. The van der Waals surface area contributed by atoms with Crippen molar-refractivity contribution in [1.29, 1.82) is 5.26 Å². The van der Waals surface area contributed by atoms with Gasteiger partial charge in [-0.3, -0.25) is 10.1 Å². The summed E-state index contributed by atoms with van der Waals surface area (Å²) in [6.45, 7) is -0.534. The molecule has 0 saturated carbocycles. The number of aliphatic hydroxyl groups is 1. The van der Waals surface area contributed by atoms with Gasteiger partial charge in [0.05, 0.1) is 11.5 Å². The van der Waals surface area contributed by atoms with E-state index in [4.69, 9.17) is 15.1 Å². The Bertz CT molecular complexity index is 411. The minimum absolute atomic E-state index is 0.122.